The van der Waals surface area contributed by atoms with E-state index in [-0.39, 0.29) is 11.9 Å². The van der Waals surface area contributed by atoms with Crippen LogP contribution in [0.15, 0.2) is 49.1 Å². The van der Waals surface area contributed by atoms with Crippen molar-refractivity contribution in [2.24, 2.45) is 0 Å². The van der Waals surface area contributed by atoms with Crippen molar-refractivity contribution < 1.29 is 4.39 Å². The summed E-state index contributed by atoms with van der Waals surface area (Å²) >= 11 is 0. The van der Waals surface area contributed by atoms with Crippen LogP contribution in [0.4, 0.5) is 21.8 Å². The van der Waals surface area contributed by atoms with Gasteiger partial charge in [0, 0.05) is 41.6 Å². The molecule has 0 spiro atoms. The number of rotatable bonds is 8. The minimum absolute atomic E-state index is 0.284. The van der Waals surface area contributed by atoms with Gasteiger partial charge >= 0.3 is 0 Å². The van der Waals surface area contributed by atoms with Crippen LogP contribution in [0.25, 0.3) is 22.3 Å². The maximum atomic E-state index is 13.6. The van der Waals surface area contributed by atoms with Gasteiger partial charge in [0.05, 0.1) is 11.7 Å². The Morgan fingerprint density at radius 2 is 1.85 bits per heavy atom. The zero-order valence-electron chi connectivity index (χ0n) is 19.4. The molecule has 0 aliphatic heterocycles. The first kappa shape index (κ1) is 22.1. The molecule has 1 fully saturated rings. The van der Waals surface area contributed by atoms with E-state index >= 15 is 0 Å². The van der Waals surface area contributed by atoms with Crippen molar-refractivity contribution in [2.45, 2.75) is 57.9 Å². The Bertz CT molecular complexity index is 1310. The first-order chi connectivity index (χ1) is 16.6. The Hall–Kier alpha value is -3.68. The van der Waals surface area contributed by atoms with Gasteiger partial charge in [-0.15, -0.1) is 0 Å². The molecule has 0 aromatic carbocycles. The van der Waals surface area contributed by atoms with Gasteiger partial charge in [-0.25, -0.2) is 24.3 Å². The molecule has 4 aromatic rings. The molecule has 2 N–H and O–H groups in total. The quantitative estimate of drug-likeness (QED) is 0.324. The predicted molar refractivity (Wildman–Crippen MR) is 133 cm³/mol. The van der Waals surface area contributed by atoms with Crippen molar-refractivity contribution in [3.63, 3.8) is 0 Å². The minimum atomic E-state index is -0.363. The number of pyridine rings is 3. The third-order valence-electron chi connectivity index (χ3n) is 6.28. The van der Waals surface area contributed by atoms with E-state index in [9.17, 15) is 4.39 Å². The SMILES string of the molecule is CCC[C@@H](C)Nc1nc(-c2ccnc(Nc3cc(F)ccn3)c2)nc2cncc(C3CCC3)c12. The van der Waals surface area contributed by atoms with Crippen LogP contribution in [0.5, 0.6) is 0 Å². The summed E-state index contributed by atoms with van der Waals surface area (Å²) in [6.45, 7) is 4.37. The van der Waals surface area contributed by atoms with E-state index in [2.05, 4.69) is 39.4 Å². The van der Waals surface area contributed by atoms with Crippen molar-refractivity contribution in [2.75, 3.05) is 10.6 Å². The molecule has 34 heavy (non-hydrogen) atoms. The molecular weight excluding hydrogens is 429 g/mol. The van der Waals surface area contributed by atoms with Gasteiger partial charge in [-0.05, 0) is 55.9 Å². The summed E-state index contributed by atoms with van der Waals surface area (Å²) < 4.78 is 13.6. The standard InChI is InChI=1S/C26H28FN7/c1-3-5-16(2)31-26-24-20(17-6-4-7-17)14-28-15-21(24)32-25(34-26)18-8-10-29-22(12-18)33-23-13-19(27)9-11-30-23/h8-17H,3-7H2,1-2H3,(H,29,30,33)(H,31,32,34)/t16-/m1/s1. The summed E-state index contributed by atoms with van der Waals surface area (Å²) in [6, 6.07) is 6.63. The van der Waals surface area contributed by atoms with Crippen LogP contribution in [0, 0.1) is 5.82 Å². The Labute approximate surface area is 198 Å². The molecule has 4 heterocycles. The summed E-state index contributed by atoms with van der Waals surface area (Å²) in [4.78, 5) is 22.8. The van der Waals surface area contributed by atoms with Gasteiger partial charge in [-0.3, -0.25) is 4.98 Å². The average molecular weight is 458 g/mol. The molecule has 0 radical (unpaired) electrons. The number of hydrogen-bond acceptors (Lipinski definition) is 7. The zero-order valence-corrected chi connectivity index (χ0v) is 19.4. The lowest BCUT2D eigenvalue weighted by Crippen LogP contribution is -2.18. The van der Waals surface area contributed by atoms with Crippen molar-refractivity contribution >= 4 is 28.4 Å². The molecule has 1 atom stereocenters. The summed E-state index contributed by atoms with van der Waals surface area (Å²) in [7, 11) is 0. The number of nitrogens with one attached hydrogen (secondary N) is 2. The third-order valence-corrected chi connectivity index (χ3v) is 6.28. The van der Waals surface area contributed by atoms with Gasteiger partial charge in [0.25, 0.3) is 0 Å². The number of nitrogens with zero attached hydrogens (tertiary/aromatic N) is 5. The fraction of sp³-hybridized carbons (Fsp3) is 0.346. The highest BCUT2D eigenvalue weighted by Gasteiger charge is 2.25. The normalized spacial score (nSPS) is 14.6. The fourth-order valence-corrected chi connectivity index (χ4v) is 4.35. The van der Waals surface area contributed by atoms with E-state index in [0.29, 0.717) is 23.4 Å². The fourth-order valence-electron chi connectivity index (χ4n) is 4.35. The van der Waals surface area contributed by atoms with E-state index in [1.54, 1.807) is 6.20 Å². The van der Waals surface area contributed by atoms with Crippen LogP contribution < -0.4 is 10.6 Å². The molecule has 0 saturated heterocycles. The molecular formula is C26H28FN7. The van der Waals surface area contributed by atoms with Crippen LogP contribution in [0.2, 0.25) is 0 Å². The summed E-state index contributed by atoms with van der Waals surface area (Å²) in [5.74, 6) is 2.51. The zero-order chi connectivity index (χ0) is 23.5. The molecule has 0 bridgehead atoms. The highest BCUT2D eigenvalue weighted by atomic mass is 19.1. The number of anilines is 3. The molecule has 8 heteroatoms. The van der Waals surface area contributed by atoms with Gasteiger partial charge in [0.1, 0.15) is 23.3 Å². The van der Waals surface area contributed by atoms with Crippen molar-refractivity contribution in [1.82, 2.24) is 24.9 Å². The summed E-state index contributed by atoms with van der Waals surface area (Å²) in [5.41, 5.74) is 2.87. The topological polar surface area (TPSA) is 88.5 Å². The molecule has 1 aliphatic rings. The highest BCUT2D eigenvalue weighted by Crippen LogP contribution is 2.41. The molecule has 0 amide bonds. The smallest absolute Gasteiger partial charge is 0.162 e. The van der Waals surface area contributed by atoms with Gasteiger partial charge in [-0.2, -0.15) is 0 Å². The van der Waals surface area contributed by atoms with Gasteiger partial charge < -0.3 is 10.6 Å². The maximum Gasteiger partial charge on any atom is 0.162 e. The number of fused-ring (bicyclic) bond motifs is 1. The molecule has 1 aliphatic carbocycles. The van der Waals surface area contributed by atoms with Crippen molar-refractivity contribution in [3.8, 4) is 11.4 Å². The van der Waals surface area contributed by atoms with E-state index in [4.69, 9.17) is 9.97 Å². The number of aromatic nitrogens is 5. The first-order valence-electron chi connectivity index (χ1n) is 11.9. The van der Waals surface area contributed by atoms with Crippen LogP contribution in [-0.4, -0.2) is 31.0 Å². The molecule has 4 aromatic heterocycles. The van der Waals surface area contributed by atoms with Gasteiger partial charge in [-0.1, -0.05) is 19.8 Å². The predicted octanol–water partition coefficient (Wildman–Crippen LogP) is 6.23. The van der Waals surface area contributed by atoms with Crippen LogP contribution in [-0.2, 0) is 0 Å². The maximum absolute atomic E-state index is 13.6. The molecule has 1 saturated carbocycles. The molecule has 174 valence electrons. The second-order valence-electron chi connectivity index (χ2n) is 8.89. The van der Waals surface area contributed by atoms with E-state index < -0.39 is 0 Å². The van der Waals surface area contributed by atoms with Crippen LogP contribution >= 0.6 is 0 Å². The van der Waals surface area contributed by atoms with Gasteiger partial charge in [0.15, 0.2) is 5.82 Å². The molecule has 0 unspecified atom stereocenters. The third kappa shape index (κ3) is 4.66. The lowest BCUT2D eigenvalue weighted by Gasteiger charge is -2.27. The summed E-state index contributed by atoms with van der Waals surface area (Å²) in [5, 5.41) is 7.76. The molecule has 5 rings (SSSR count). The Morgan fingerprint density at radius 1 is 1.06 bits per heavy atom. The van der Waals surface area contributed by atoms with Gasteiger partial charge in [0.2, 0.25) is 0 Å². The first-order valence-corrected chi connectivity index (χ1v) is 11.9. The summed E-state index contributed by atoms with van der Waals surface area (Å²) in [6.07, 6.45) is 12.6. The van der Waals surface area contributed by atoms with E-state index in [1.165, 1.54) is 43.2 Å². The molecule has 7 nitrogen and oxygen atoms in total. The number of hydrogen-bond donors (Lipinski definition) is 2. The average Bonchev–Trinajstić information content (AvgIpc) is 2.78. The Balaban J connectivity index is 1.56. The number of halogens is 1. The second kappa shape index (κ2) is 9.67. The van der Waals surface area contributed by atoms with E-state index in [1.807, 2.05) is 24.5 Å². The van der Waals surface area contributed by atoms with Crippen LogP contribution in [0.1, 0.15) is 57.4 Å². The minimum Gasteiger partial charge on any atom is -0.367 e. The largest absolute Gasteiger partial charge is 0.367 e. The second-order valence-corrected chi connectivity index (χ2v) is 8.89. The lowest BCUT2D eigenvalue weighted by atomic mass is 9.79. The Morgan fingerprint density at radius 3 is 2.59 bits per heavy atom. The Kier molecular flexibility index (Phi) is 6.29. The lowest BCUT2D eigenvalue weighted by molar-refractivity contribution is 0.421. The monoisotopic (exact) mass is 457 g/mol. The van der Waals surface area contributed by atoms with Crippen molar-refractivity contribution in [1.29, 1.82) is 0 Å². The van der Waals surface area contributed by atoms with E-state index in [0.717, 1.165) is 35.1 Å². The van der Waals surface area contributed by atoms with Crippen LogP contribution in [0.3, 0.4) is 0 Å². The van der Waals surface area contributed by atoms with Crippen molar-refractivity contribution in [3.05, 3.63) is 60.4 Å². The highest BCUT2D eigenvalue weighted by molar-refractivity contribution is 5.93.